The van der Waals surface area contributed by atoms with Gasteiger partial charge in [0, 0.05) is 5.41 Å². The first kappa shape index (κ1) is 19.4. The molecule has 0 N–H and O–H groups in total. The van der Waals surface area contributed by atoms with E-state index >= 15 is 0 Å². The van der Waals surface area contributed by atoms with Crippen LogP contribution in [0.5, 0.6) is 0 Å². The van der Waals surface area contributed by atoms with Crippen LogP contribution >= 0.6 is 0 Å². The predicted octanol–water partition coefficient (Wildman–Crippen LogP) is 4.43. The van der Waals surface area contributed by atoms with Crippen LogP contribution in [-0.4, -0.2) is 39.1 Å². The summed E-state index contributed by atoms with van der Waals surface area (Å²) in [4.78, 5) is 0. The molecule has 0 bridgehead atoms. The second kappa shape index (κ2) is 8.55. The normalized spacial score (nSPS) is 21.8. The van der Waals surface area contributed by atoms with Crippen molar-refractivity contribution in [3.63, 3.8) is 0 Å². The van der Waals surface area contributed by atoms with Crippen LogP contribution in [0.4, 0.5) is 0 Å². The van der Waals surface area contributed by atoms with Crippen molar-refractivity contribution in [2.24, 2.45) is 10.8 Å². The molecule has 144 valence electrons. The molecular formula is C22H32O4. The van der Waals surface area contributed by atoms with Crippen molar-refractivity contribution in [2.75, 3.05) is 33.0 Å². The molecule has 2 fully saturated rings. The highest BCUT2D eigenvalue weighted by atomic mass is 16.5. The Hall–Kier alpha value is -1.36. The number of benzene rings is 1. The minimum absolute atomic E-state index is 0.210. The van der Waals surface area contributed by atoms with E-state index in [1.165, 1.54) is 5.56 Å². The smallest absolute Gasteiger partial charge is 0.0973 e. The van der Waals surface area contributed by atoms with E-state index in [0.717, 1.165) is 51.4 Å². The van der Waals surface area contributed by atoms with E-state index in [1.807, 2.05) is 6.08 Å². The van der Waals surface area contributed by atoms with Crippen molar-refractivity contribution >= 4 is 6.08 Å². The molecule has 0 saturated carbocycles. The predicted molar refractivity (Wildman–Crippen MR) is 103 cm³/mol. The average molecular weight is 360 g/mol. The Morgan fingerprint density at radius 2 is 1.73 bits per heavy atom. The van der Waals surface area contributed by atoms with Gasteiger partial charge in [-0.1, -0.05) is 38.1 Å². The SMILES string of the molecule is CCC1(CO/C=C\c2ccc(COC(C)C3(CC)COC3)cc2)COC1. The van der Waals surface area contributed by atoms with Crippen molar-refractivity contribution in [1.29, 1.82) is 0 Å². The Balaban J connectivity index is 1.42. The van der Waals surface area contributed by atoms with Crippen LogP contribution in [0.15, 0.2) is 30.5 Å². The maximum Gasteiger partial charge on any atom is 0.0973 e. The molecular weight excluding hydrogens is 328 g/mol. The van der Waals surface area contributed by atoms with Gasteiger partial charge in [0.05, 0.1) is 57.4 Å². The fourth-order valence-corrected chi connectivity index (χ4v) is 3.35. The first-order chi connectivity index (χ1) is 12.6. The molecule has 2 heterocycles. The molecule has 1 aromatic carbocycles. The zero-order valence-electron chi connectivity index (χ0n) is 16.3. The highest BCUT2D eigenvalue weighted by molar-refractivity contribution is 5.48. The third kappa shape index (κ3) is 4.30. The summed E-state index contributed by atoms with van der Waals surface area (Å²) in [5, 5.41) is 0. The fraction of sp³-hybridized carbons (Fsp3) is 0.636. The van der Waals surface area contributed by atoms with Gasteiger partial charge in [-0.25, -0.2) is 0 Å². The van der Waals surface area contributed by atoms with Gasteiger partial charge in [-0.05, 0) is 37.0 Å². The van der Waals surface area contributed by atoms with E-state index in [2.05, 4.69) is 45.0 Å². The first-order valence-electron chi connectivity index (χ1n) is 9.76. The summed E-state index contributed by atoms with van der Waals surface area (Å²) < 4.78 is 22.5. The van der Waals surface area contributed by atoms with E-state index in [9.17, 15) is 0 Å². The van der Waals surface area contributed by atoms with Crippen LogP contribution in [0.3, 0.4) is 0 Å². The largest absolute Gasteiger partial charge is 0.500 e. The molecule has 0 aliphatic carbocycles. The molecule has 3 rings (SSSR count). The molecule has 0 aromatic heterocycles. The van der Waals surface area contributed by atoms with Crippen molar-refractivity contribution in [1.82, 2.24) is 0 Å². The molecule has 2 aliphatic heterocycles. The molecule has 2 aliphatic rings. The minimum Gasteiger partial charge on any atom is -0.500 e. The van der Waals surface area contributed by atoms with Gasteiger partial charge in [-0.15, -0.1) is 0 Å². The summed E-state index contributed by atoms with van der Waals surface area (Å²) in [6.45, 7) is 11.2. The number of hydrogen-bond acceptors (Lipinski definition) is 4. The topological polar surface area (TPSA) is 36.9 Å². The lowest BCUT2D eigenvalue weighted by molar-refractivity contribution is -0.186. The molecule has 2 saturated heterocycles. The monoisotopic (exact) mass is 360 g/mol. The summed E-state index contributed by atoms with van der Waals surface area (Å²) in [6, 6.07) is 8.45. The third-order valence-corrected chi connectivity index (χ3v) is 6.14. The van der Waals surface area contributed by atoms with Gasteiger partial charge in [-0.2, -0.15) is 0 Å². The number of ether oxygens (including phenoxy) is 4. The molecule has 1 aromatic rings. The van der Waals surface area contributed by atoms with Crippen molar-refractivity contribution in [3.8, 4) is 0 Å². The minimum atomic E-state index is 0.210. The Labute approximate surface area is 157 Å². The summed E-state index contributed by atoms with van der Waals surface area (Å²) in [5.41, 5.74) is 2.76. The van der Waals surface area contributed by atoms with Gasteiger partial charge >= 0.3 is 0 Å². The maximum atomic E-state index is 6.10. The number of hydrogen-bond donors (Lipinski definition) is 0. The maximum absolute atomic E-state index is 6.10. The van der Waals surface area contributed by atoms with Crippen molar-refractivity contribution < 1.29 is 18.9 Å². The molecule has 1 atom stereocenters. The van der Waals surface area contributed by atoms with Crippen molar-refractivity contribution in [3.05, 3.63) is 41.7 Å². The highest BCUT2D eigenvalue weighted by Gasteiger charge is 2.42. The van der Waals surface area contributed by atoms with E-state index in [4.69, 9.17) is 18.9 Å². The van der Waals surface area contributed by atoms with E-state index < -0.39 is 0 Å². The van der Waals surface area contributed by atoms with Gasteiger partial charge in [0.15, 0.2) is 0 Å². The Bertz CT molecular complexity index is 574. The zero-order valence-corrected chi connectivity index (χ0v) is 16.3. The van der Waals surface area contributed by atoms with Crippen LogP contribution in [0.1, 0.15) is 44.7 Å². The molecule has 4 nitrogen and oxygen atoms in total. The second-order valence-corrected chi connectivity index (χ2v) is 7.86. The Morgan fingerprint density at radius 3 is 2.23 bits per heavy atom. The van der Waals surface area contributed by atoms with E-state index in [0.29, 0.717) is 6.61 Å². The van der Waals surface area contributed by atoms with Gasteiger partial charge in [0.25, 0.3) is 0 Å². The zero-order chi connectivity index (χ0) is 18.5. The number of rotatable bonds is 10. The summed E-state index contributed by atoms with van der Waals surface area (Å²) in [7, 11) is 0. The lowest BCUT2D eigenvalue weighted by Gasteiger charge is -2.45. The lowest BCUT2D eigenvalue weighted by Crippen LogP contribution is -2.50. The highest BCUT2D eigenvalue weighted by Crippen LogP contribution is 2.37. The molecule has 1 unspecified atom stereocenters. The second-order valence-electron chi connectivity index (χ2n) is 7.86. The van der Waals surface area contributed by atoms with Gasteiger partial charge in [0.2, 0.25) is 0 Å². The van der Waals surface area contributed by atoms with E-state index in [-0.39, 0.29) is 16.9 Å². The van der Waals surface area contributed by atoms with Crippen LogP contribution in [-0.2, 0) is 25.6 Å². The van der Waals surface area contributed by atoms with Crippen LogP contribution < -0.4 is 0 Å². The first-order valence-corrected chi connectivity index (χ1v) is 9.76. The molecule has 4 heteroatoms. The summed E-state index contributed by atoms with van der Waals surface area (Å²) >= 11 is 0. The lowest BCUT2D eigenvalue weighted by atomic mass is 9.78. The van der Waals surface area contributed by atoms with Crippen molar-refractivity contribution in [2.45, 2.75) is 46.3 Å². The third-order valence-electron chi connectivity index (χ3n) is 6.14. The van der Waals surface area contributed by atoms with Gasteiger partial charge in [0.1, 0.15) is 0 Å². The quantitative estimate of drug-likeness (QED) is 0.578. The molecule has 0 amide bonds. The molecule has 0 radical (unpaired) electrons. The van der Waals surface area contributed by atoms with Crippen LogP contribution in [0.2, 0.25) is 0 Å². The summed E-state index contributed by atoms with van der Waals surface area (Å²) in [6.07, 6.45) is 6.22. The van der Waals surface area contributed by atoms with E-state index in [1.54, 1.807) is 6.26 Å². The van der Waals surface area contributed by atoms with Crippen LogP contribution in [0, 0.1) is 10.8 Å². The Kier molecular flexibility index (Phi) is 6.38. The fourth-order valence-electron chi connectivity index (χ4n) is 3.35. The average Bonchev–Trinajstić information content (AvgIpc) is 2.59. The standard InChI is InChI=1S/C22H32O4/c1-4-21(14-24-15-21)13-23-11-10-19-6-8-20(9-7-19)12-26-18(3)22(5-2)16-25-17-22/h6-11,18H,4-5,12-17H2,1-3H3/b11-10-. The van der Waals surface area contributed by atoms with Gasteiger partial charge in [-0.3, -0.25) is 0 Å². The summed E-state index contributed by atoms with van der Waals surface area (Å²) in [5.74, 6) is 0. The Morgan fingerprint density at radius 1 is 1.04 bits per heavy atom. The molecule has 0 spiro atoms. The molecule has 26 heavy (non-hydrogen) atoms. The van der Waals surface area contributed by atoms with Crippen LogP contribution in [0.25, 0.3) is 6.08 Å². The van der Waals surface area contributed by atoms with Gasteiger partial charge < -0.3 is 18.9 Å².